The van der Waals surface area contributed by atoms with Gasteiger partial charge in [-0.2, -0.15) is 21.6 Å². The van der Waals surface area contributed by atoms with Gasteiger partial charge in [0, 0.05) is 19.3 Å². The van der Waals surface area contributed by atoms with Gasteiger partial charge >= 0.3 is 21.6 Å². The summed E-state index contributed by atoms with van der Waals surface area (Å²) in [5.74, 6) is -2.40. The van der Waals surface area contributed by atoms with Crippen LogP contribution in [0.3, 0.4) is 0 Å². The lowest BCUT2D eigenvalue weighted by molar-refractivity contribution is -0.148. The molecule has 0 radical (unpaired) electrons. The fraction of sp³-hybridized carbons (Fsp3) is 0.636. The minimum Gasteiger partial charge on any atom is -0.479 e. The molecule has 0 saturated heterocycles. The van der Waals surface area contributed by atoms with E-state index in [9.17, 15) is 36.3 Å². The lowest BCUT2D eigenvalue weighted by atomic mass is 9.84. The van der Waals surface area contributed by atoms with E-state index in [1.807, 2.05) is 0 Å². The maximum Gasteiger partial charge on any atom is 0.534 e. The molecule has 1 unspecified atom stereocenters. The Morgan fingerprint density at radius 2 is 2.05 bits per heavy atom. The van der Waals surface area contributed by atoms with Crippen molar-refractivity contribution in [3.63, 3.8) is 0 Å². The Labute approximate surface area is 124 Å². The largest absolute Gasteiger partial charge is 0.534 e. The number of allylic oxidation sites excluding steroid dienone is 1. The van der Waals surface area contributed by atoms with Crippen molar-refractivity contribution in [2.24, 2.45) is 0 Å². The Morgan fingerprint density at radius 3 is 2.41 bits per heavy atom. The van der Waals surface area contributed by atoms with Crippen LogP contribution in [0, 0.1) is 0 Å². The van der Waals surface area contributed by atoms with Gasteiger partial charge in [-0.3, -0.25) is 4.79 Å². The van der Waals surface area contributed by atoms with Gasteiger partial charge in [-0.05, 0) is 12.5 Å². The van der Waals surface area contributed by atoms with Crippen LogP contribution in [-0.2, 0) is 23.9 Å². The van der Waals surface area contributed by atoms with Crippen LogP contribution >= 0.6 is 0 Å². The number of carbonyl (C=O) groups is 2. The Kier molecular flexibility index (Phi) is 5.10. The van der Waals surface area contributed by atoms with E-state index in [2.05, 4.69) is 9.50 Å². The first-order valence-electron chi connectivity index (χ1n) is 6.18. The third-order valence-electron chi connectivity index (χ3n) is 3.09. The highest BCUT2D eigenvalue weighted by Gasteiger charge is 2.49. The van der Waals surface area contributed by atoms with Gasteiger partial charge in [-0.1, -0.05) is 6.92 Å². The average molecular weight is 345 g/mol. The average Bonchev–Trinajstić information content (AvgIpc) is 2.39. The molecular weight excluding hydrogens is 331 g/mol. The summed E-state index contributed by atoms with van der Waals surface area (Å²) >= 11 is 0. The van der Waals surface area contributed by atoms with Crippen molar-refractivity contribution in [3.8, 4) is 0 Å². The first kappa shape index (κ1) is 18.3. The van der Waals surface area contributed by atoms with Crippen molar-refractivity contribution in [2.45, 2.75) is 43.7 Å². The molecule has 11 heteroatoms. The van der Waals surface area contributed by atoms with E-state index in [0.29, 0.717) is 0 Å². The fourth-order valence-electron chi connectivity index (χ4n) is 1.81. The van der Waals surface area contributed by atoms with E-state index in [-0.39, 0.29) is 25.7 Å². The van der Waals surface area contributed by atoms with E-state index in [4.69, 9.17) is 0 Å². The molecule has 0 aromatic rings. The van der Waals surface area contributed by atoms with Gasteiger partial charge in [0.2, 0.25) is 5.91 Å². The van der Waals surface area contributed by atoms with Crippen molar-refractivity contribution in [2.75, 3.05) is 0 Å². The van der Waals surface area contributed by atoms with Crippen LogP contribution in [0.4, 0.5) is 13.2 Å². The number of carbonyl (C=O) groups excluding carboxylic acids is 1. The van der Waals surface area contributed by atoms with Crippen LogP contribution < -0.4 is 5.32 Å². The van der Waals surface area contributed by atoms with Gasteiger partial charge < -0.3 is 14.6 Å². The summed E-state index contributed by atoms with van der Waals surface area (Å²) in [5.41, 5.74) is -7.24. The quantitative estimate of drug-likeness (QED) is 0.574. The molecule has 0 heterocycles. The van der Waals surface area contributed by atoms with Crippen LogP contribution in [0.15, 0.2) is 11.8 Å². The number of aliphatic carboxylic acids is 1. The molecule has 0 aromatic heterocycles. The van der Waals surface area contributed by atoms with Crippen LogP contribution in [-0.4, -0.2) is 36.4 Å². The van der Waals surface area contributed by atoms with E-state index in [1.165, 1.54) is 6.92 Å². The summed E-state index contributed by atoms with van der Waals surface area (Å²) in [5, 5.41) is 11.5. The van der Waals surface area contributed by atoms with Crippen LogP contribution in [0.2, 0.25) is 0 Å². The van der Waals surface area contributed by atoms with E-state index in [1.54, 1.807) is 0 Å². The standard InChI is InChI=1S/C11H14F3NO6S/c1-2-8(16)15-10(9(17)18)5-3-7(4-6-10)21-22(19,20)11(12,13)14/h3H,2,4-6H2,1H3,(H,15,16)(H,17,18). The molecule has 0 saturated carbocycles. The number of alkyl halides is 3. The van der Waals surface area contributed by atoms with Gasteiger partial charge in [-0.15, -0.1) is 0 Å². The number of halogens is 3. The molecule has 2 N–H and O–H groups in total. The van der Waals surface area contributed by atoms with E-state index >= 15 is 0 Å². The summed E-state index contributed by atoms with van der Waals surface area (Å²) in [4.78, 5) is 22.7. The zero-order valence-corrected chi connectivity index (χ0v) is 12.3. The summed E-state index contributed by atoms with van der Waals surface area (Å²) in [6.07, 6.45) is -0.0723. The lowest BCUT2D eigenvalue weighted by Gasteiger charge is -2.32. The number of nitrogens with one attached hydrogen (secondary N) is 1. The van der Waals surface area contributed by atoms with Gasteiger partial charge in [0.15, 0.2) is 0 Å². The predicted octanol–water partition coefficient (Wildman–Crippen LogP) is 1.27. The zero-order valence-electron chi connectivity index (χ0n) is 11.4. The minimum absolute atomic E-state index is 0.0323. The molecule has 22 heavy (non-hydrogen) atoms. The number of carboxylic acid groups (broad SMARTS) is 1. The molecule has 1 atom stereocenters. The monoisotopic (exact) mass is 345 g/mol. The molecule has 0 bridgehead atoms. The first-order chi connectivity index (χ1) is 9.93. The summed E-state index contributed by atoms with van der Waals surface area (Å²) < 4.78 is 62.3. The number of amides is 1. The number of hydrogen-bond donors (Lipinski definition) is 2. The highest BCUT2D eigenvalue weighted by atomic mass is 32.2. The highest BCUT2D eigenvalue weighted by Crippen LogP contribution is 2.33. The zero-order chi connectivity index (χ0) is 17.2. The molecule has 0 fully saturated rings. The van der Waals surface area contributed by atoms with Crippen LogP contribution in [0.5, 0.6) is 0 Å². The van der Waals surface area contributed by atoms with E-state index < -0.39 is 38.8 Å². The van der Waals surface area contributed by atoms with Crippen LogP contribution in [0.1, 0.15) is 32.6 Å². The summed E-state index contributed by atoms with van der Waals surface area (Å²) in [7, 11) is -5.79. The Bertz CT molecular complexity index is 597. The van der Waals surface area contributed by atoms with Gasteiger partial charge in [0.25, 0.3) is 0 Å². The molecule has 1 aliphatic rings. The number of carboxylic acids is 1. The van der Waals surface area contributed by atoms with Gasteiger partial charge in [-0.25, -0.2) is 4.79 Å². The maximum atomic E-state index is 12.2. The number of rotatable bonds is 5. The van der Waals surface area contributed by atoms with Crippen molar-refractivity contribution < 1.29 is 40.5 Å². The molecule has 0 spiro atoms. The van der Waals surface area contributed by atoms with Gasteiger partial charge in [0.05, 0.1) is 0 Å². The molecular formula is C11H14F3NO6S. The second-order valence-electron chi connectivity index (χ2n) is 4.65. The van der Waals surface area contributed by atoms with Crippen molar-refractivity contribution in [1.82, 2.24) is 5.32 Å². The van der Waals surface area contributed by atoms with Crippen molar-refractivity contribution in [3.05, 3.63) is 11.8 Å². The molecule has 0 aliphatic heterocycles. The second kappa shape index (κ2) is 6.15. The highest BCUT2D eigenvalue weighted by molar-refractivity contribution is 7.87. The predicted molar refractivity (Wildman–Crippen MR) is 66.8 cm³/mol. The SMILES string of the molecule is CCC(=O)NC1(C(=O)O)CC=C(OS(=O)(=O)C(F)(F)F)CC1. The van der Waals surface area contributed by atoms with Gasteiger partial charge in [0.1, 0.15) is 11.3 Å². The Balaban J connectivity index is 2.91. The third-order valence-corrected chi connectivity index (χ3v) is 4.09. The smallest absolute Gasteiger partial charge is 0.479 e. The topological polar surface area (TPSA) is 110 Å². The third kappa shape index (κ3) is 3.90. The lowest BCUT2D eigenvalue weighted by Crippen LogP contribution is -2.55. The fourth-order valence-corrected chi connectivity index (χ4v) is 2.34. The molecule has 7 nitrogen and oxygen atoms in total. The molecule has 0 aromatic carbocycles. The molecule has 126 valence electrons. The molecule has 1 aliphatic carbocycles. The minimum atomic E-state index is -5.79. The van der Waals surface area contributed by atoms with Crippen molar-refractivity contribution >= 4 is 22.0 Å². The Hall–Kier alpha value is -1.78. The molecule has 1 rings (SSSR count). The van der Waals surface area contributed by atoms with Crippen molar-refractivity contribution in [1.29, 1.82) is 0 Å². The summed E-state index contributed by atoms with van der Waals surface area (Å²) in [6.45, 7) is 1.51. The van der Waals surface area contributed by atoms with E-state index in [0.717, 1.165) is 6.08 Å². The number of hydrogen-bond acceptors (Lipinski definition) is 5. The Morgan fingerprint density at radius 1 is 1.45 bits per heavy atom. The maximum absolute atomic E-state index is 12.2. The normalized spacial score (nSPS) is 22.6. The first-order valence-corrected chi connectivity index (χ1v) is 7.58. The van der Waals surface area contributed by atoms with Crippen LogP contribution in [0.25, 0.3) is 0 Å². The molecule has 1 amide bonds. The summed E-state index contributed by atoms with van der Waals surface area (Å²) in [6, 6.07) is 0. The second-order valence-corrected chi connectivity index (χ2v) is 6.18.